The Labute approximate surface area is 204 Å². The van der Waals surface area contributed by atoms with E-state index >= 15 is 0 Å². The largest absolute Gasteiger partial charge is 1.00 e. The van der Waals surface area contributed by atoms with E-state index in [1.54, 1.807) is 0 Å². The van der Waals surface area contributed by atoms with Crippen LogP contribution in [0, 0.1) is 0 Å². The summed E-state index contributed by atoms with van der Waals surface area (Å²) in [5.74, 6) is -1.73. The van der Waals surface area contributed by atoms with Crippen molar-refractivity contribution < 1.29 is 82.8 Å². The van der Waals surface area contributed by atoms with E-state index in [9.17, 15) is 14.4 Å². The zero-order valence-corrected chi connectivity index (χ0v) is 20.8. The van der Waals surface area contributed by atoms with Crippen molar-refractivity contribution in [2.45, 2.75) is 6.92 Å². The molecule has 0 radical (unpaired) electrons. The van der Waals surface area contributed by atoms with Gasteiger partial charge in [-0.15, -0.1) is 0 Å². The van der Waals surface area contributed by atoms with Crippen LogP contribution in [0.4, 0.5) is 0 Å². The Kier molecular flexibility index (Phi) is 15.4. The third-order valence-corrected chi connectivity index (χ3v) is 4.38. The van der Waals surface area contributed by atoms with Gasteiger partial charge in [-0.1, -0.05) is 13.5 Å². The van der Waals surface area contributed by atoms with Crippen LogP contribution in [0.1, 0.15) is 6.92 Å². The van der Waals surface area contributed by atoms with Gasteiger partial charge in [0.05, 0.1) is 13.1 Å². The smallest absolute Gasteiger partial charge is 0.541 e. The van der Waals surface area contributed by atoms with Crippen molar-refractivity contribution in [3.63, 3.8) is 0 Å². The van der Waals surface area contributed by atoms with E-state index < -0.39 is 11.9 Å². The van der Waals surface area contributed by atoms with E-state index in [4.69, 9.17) is 10.2 Å². The van der Waals surface area contributed by atoms with Crippen LogP contribution in [0.5, 0.6) is 0 Å². The summed E-state index contributed by atoms with van der Waals surface area (Å²) in [5, 5.41) is 18.1. The summed E-state index contributed by atoms with van der Waals surface area (Å²) < 4.78 is 0. The van der Waals surface area contributed by atoms with Gasteiger partial charge >= 0.3 is 70.1 Å². The van der Waals surface area contributed by atoms with Crippen LogP contribution >= 0.6 is 0 Å². The number of rotatable bonds is 7. The summed E-state index contributed by atoms with van der Waals surface area (Å²) in [4.78, 5) is 40.7. The minimum atomic E-state index is -0.865. The van der Waals surface area contributed by atoms with Crippen molar-refractivity contribution in [1.82, 2.24) is 19.6 Å². The SMILES string of the molecule is CCN1CCN(CC(=O)O)CCN(C[C-]=O)CCN(CC(=O)O)CC1.[Rb+]. The van der Waals surface area contributed by atoms with Crippen molar-refractivity contribution in [2.75, 3.05) is 78.5 Å². The average molecular weight is 443 g/mol. The molecule has 26 heavy (non-hydrogen) atoms. The number of hydrogen-bond donors (Lipinski definition) is 2. The van der Waals surface area contributed by atoms with Crippen LogP contribution in [-0.2, 0) is 14.4 Å². The molecule has 1 rings (SSSR count). The van der Waals surface area contributed by atoms with E-state index in [0.29, 0.717) is 39.3 Å². The predicted octanol–water partition coefficient (Wildman–Crippen LogP) is -4.49. The molecule has 0 aromatic rings. The van der Waals surface area contributed by atoms with Gasteiger partial charge in [-0.25, -0.2) is 6.29 Å². The van der Waals surface area contributed by atoms with Gasteiger partial charge in [0.15, 0.2) is 0 Å². The number of carbonyl (C=O) groups is 2. The molecule has 1 saturated heterocycles. The molecule has 144 valence electrons. The summed E-state index contributed by atoms with van der Waals surface area (Å²) in [6.45, 7) is 7.85. The fraction of sp³-hybridized carbons (Fsp3) is 0.812. The topological polar surface area (TPSA) is 105 Å². The molecule has 1 fully saturated rings. The van der Waals surface area contributed by atoms with Gasteiger partial charge in [0.25, 0.3) is 0 Å². The number of hydrogen-bond acceptors (Lipinski definition) is 7. The van der Waals surface area contributed by atoms with Gasteiger partial charge in [-0.05, 0) is 6.54 Å². The fourth-order valence-corrected chi connectivity index (χ4v) is 2.84. The Balaban J connectivity index is 0.00000625. The zero-order valence-electron chi connectivity index (χ0n) is 15.9. The van der Waals surface area contributed by atoms with Gasteiger partial charge in [0.1, 0.15) is 0 Å². The molecule has 2 N–H and O–H groups in total. The molecular weight excluding hydrogens is 414 g/mol. The molecule has 0 aromatic heterocycles. The summed E-state index contributed by atoms with van der Waals surface area (Å²) in [6, 6.07) is 0. The number of carboxylic acids is 2. The van der Waals surface area contributed by atoms with Crippen molar-refractivity contribution in [3.8, 4) is 0 Å². The second-order valence-corrected chi connectivity index (χ2v) is 6.19. The molecule has 0 aromatic carbocycles. The van der Waals surface area contributed by atoms with E-state index in [2.05, 4.69) is 4.90 Å². The Morgan fingerprint density at radius 1 is 0.769 bits per heavy atom. The van der Waals surface area contributed by atoms with Crippen molar-refractivity contribution in [1.29, 1.82) is 0 Å². The van der Waals surface area contributed by atoms with Crippen LogP contribution in [0.3, 0.4) is 0 Å². The fourth-order valence-electron chi connectivity index (χ4n) is 2.84. The standard InChI is InChI=1S/C16H29N4O5.Rb/c1-2-17-3-7-19(13-15(22)23)9-5-18(11-12-21)6-10-20(8-4-17)14-16(24)25;/h2-11,13-14H2,1H3,(H,22,23)(H,24,25);/q-1;+1. The monoisotopic (exact) mass is 442 g/mol. The van der Waals surface area contributed by atoms with Crippen molar-refractivity contribution >= 4 is 18.2 Å². The zero-order chi connectivity index (χ0) is 18.7. The molecule has 10 heteroatoms. The van der Waals surface area contributed by atoms with Crippen LogP contribution in [0.2, 0.25) is 0 Å². The third kappa shape index (κ3) is 11.9. The van der Waals surface area contributed by atoms with Crippen molar-refractivity contribution in [3.05, 3.63) is 0 Å². The van der Waals surface area contributed by atoms with Gasteiger partial charge in [-0.2, -0.15) is 0 Å². The number of carbonyl (C=O) groups excluding carboxylic acids is 1. The molecule has 1 heterocycles. The maximum Gasteiger partial charge on any atom is 1.00 e. The molecule has 9 nitrogen and oxygen atoms in total. The summed E-state index contributed by atoms with van der Waals surface area (Å²) in [6.07, 6.45) is 1.88. The minimum absolute atomic E-state index is 0. The van der Waals surface area contributed by atoms with E-state index in [1.165, 1.54) is 0 Å². The Bertz CT molecular complexity index is 409. The first-order valence-electron chi connectivity index (χ1n) is 8.62. The first-order valence-corrected chi connectivity index (χ1v) is 8.62. The Hall–Kier alpha value is 0.255. The molecule has 0 aliphatic carbocycles. The van der Waals surface area contributed by atoms with Crippen LogP contribution in [0.15, 0.2) is 0 Å². The molecule has 0 amide bonds. The van der Waals surface area contributed by atoms with Crippen molar-refractivity contribution in [2.24, 2.45) is 0 Å². The summed E-state index contributed by atoms with van der Waals surface area (Å²) >= 11 is 0. The molecule has 0 unspecified atom stereocenters. The van der Waals surface area contributed by atoms with Crippen LogP contribution in [0.25, 0.3) is 0 Å². The van der Waals surface area contributed by atoms with E-state index in [0.717, 1.165) is 19.6 Å². The Morgan fingerprint density at radius 3 is 1.42 bits per heavy atom. The van der Waals surface area contributed by atoms with Crippen LogP contribution < -0.4 is 58.2 Å². The van der Waals surface area contributed by atoms with E-state index in [1.807, 2.05) is 27.9 Å². The normalized spacial score (nSPS) is 19.7. The van der Waals surface area contributed by atoms with E-state index in [-0.39, 0.29) is 77.8 Å². The molecule has 1 aliphatic heterocycles. The second-order valence-electron chi connectivity index (χ2n) is 6.19. The third-order valence-electron chi connectivity index (χ3n) is 4.38. The number of aliphatic carboxylic acids is 2. The van der Waals surface area contributed by atoms with Crippen LogP contribution in [-0.4, -0.2) is 127 Å². The van der Waals surface area contributed by atoms with Gasteiger partial charge < -0.3 is 24.8 Å². The Morgan fingerprint density at radius 2 is 1.12 bits per heavy atom. The number of nitrogens with zero attached hydrogens (tertiary/aromatic N) is 4. The summed E-state index contributed by atoms with van der Waals surface area (Å²) in [7, 11) is 0. The molecule has 1 aliphatic rings. The molecule has 0 bridgehead atoms. The first-order chi connectivity index (χ1) is 11.9. The quantitative estimate of drug-likeness (QED) is 0.377. The van der Waals surface area contributed by atoms with Gasteiger partial charge in [0, 0.05) is 52.4 Å². The average Bonchev–Trinajstić information content (AvgIpc) is 2.54. The molecule has 0 atom stereocenters. The number of likely N-dealkylation sites (N-methyl/N-ethyl adjacent to an activating group) is 1. The minimum Gasteiger partial charge on any atom is -0.541 e. The van der Waals surface area contributed by atoms with Gasteiger partial charge in [0.2, 0.25) is 0 Å². The first kappa shape index (κ1) is 26.3. The maximum atomic E-state index is 11.1. The molecule has 0 spiro atoms. The molecule has 0 saturated carbocycles. The summed E-state index contributed by atoms with van der Waals surface area (Å²) in [5.41, 5.74) is 0. The second kappa shape index (κ2) is 15.2. The van der Waals surface area contributed by atoms with Gasteiger partial charge in [-0.3, -0.25) is 19.4 Å². The predicted molar refractivity (Wildman–Crippen MR) is 92.4 cm³/mol. The maximum absolute atomic E-state index is 11.1. The number of carboxylic acid groups (broad SMARTS) is 2. The molecular formula is C16H29N4O5Rb.